The SMILES string of the molecule is COC1(C)CCC(c2ccc(Cl)cc2)=C(CN2CCN(c3ccc(C(=O)NS(=O)(=O)c4ccc(NCC5CCOCC5)c([N+](=O)[O-])c4)c(N4C[C@@H](C)Oc5nc6[nH]ccc6cc54)c3)CC2)C1. The summed E-state index contributed by atoms with van der Waals surface area (Å²) < 4.78 is 47.8. The Hall–Kier alpha value is -5.72. The van der Waals surface area contributed by atoms with E-state index in [4.69, 9.17) is 30.8 Å². The fraction of sp³-hybridized carbons (Fsp3) is 0.417. The Morgan fingerprint density at radius 1 is 1.03 bits per heavy atom. The number of benzene rings is 3. The molecular weight excluding hydrogens is 884 g/mol. The van der Waals surface area contributed by atoms with Crippen molar-refractivity contribution in [1.82, 2.24) is 19.6 Å². The van der Waals surface area contributed by atoms with Gasteiger partial charge in [-0.3, -0.25) is 19.8 Å². The second-order valence-corrected chi connectivity index (χ2v) is 20.1. The van der Waals surface area contributed by atoms with Crippen LogP contribution in [-0.2, 0) is 19.5 Å². The second kappa shape index (κ2) is 18.9. The van der Waals surface area contributed by atoms with Gasteiger partial charge in [0.1, 0.15) is 23.1 Å². The molecule has 0 radical (unpaired) electrons. The molecule has 0 bridgehead atoms. The van der Waals surface area contributed by atoms with Crippen LogP contribution in [0.1, 0.15) is 61.9 Å². The molecule has 3 aromatic carbocycles. The van der Waals surface area contributed by atoms with Gasteiger partial charge in [0.05, 0.1) is 33.2 Å². The summed E-state index contributed by atoms with van der Waals surface area (Å²) in [5, 5.41) is 16.9. The largest absolute Gasteiger partial charge is 0.471 e. The van der Waals surface area contributed by atoms with Crippen molar-refractivity contribution in [3.8, 4) is 5.88 Å². The molecule has 3 aliphatic heterocycles. The number of nitrogens with one attached hydrogen (secondary N) is 3. The van der Waals surface area contributed by atoms with Gasteiger partial charge in [0, 0.05) is 88.0 Å². The van der Waals surface area contributed by atoms with E-state index in [1.807, 2.05) is 48.2 Å². The summed E-state index contributed by atoms with van der Waals surface area (Å²) >= 11 is 6.26. The van der Waals surface area contributed by atoms with Crippen molar-refractivity contribution in [1.29, 1.82) is 0 Å². The van der Waals surface area contributed by atoms with E-state index in [2.05, 4.69) is 43.9 Å². The first-order valence-corrected chi connectivity index (χ1v) is 24.3. The zero-order valence-corrected chi connectivity index (χ0v) is 38.9. The lowest BCUT2D eigenvalue weighted by Crippen LogP contribution is -2.47. The van der Waals surface area contributed by atoms with Crippen LogP contribution in [0, 0.1) is 16.0 Å². The molecule has 3 N–H and O–H groups in total. The van der Waals surface area contributed by atoms with Gasteiger partial charge < -0.3 is 34.3 Å². The molecule has 4 aliphatic rings. The minimum atomic E-state index is -4.58. The van der Waals surface area contributed by atoms with Crippen LogP contribution >= 0.6 is 11.6 Å². The Kier molecular flexibility index (Phi) is 13.0. The molecule has 1 aliphatic carbocycles. The molecule has 0 spiro atoms. The van der Waals surface area contributed by atoms with Gasteiger partial charge in [-0.25, -0.2) is 13.1 Å². The molecule has 0 saturated carbocycles. The van der Waals surface area contributed by atoms with E-state index in [0.717, 1.165) is 68.9 Å². The average molecular weight is 940 g/mol. The van der Waals surface area contributed by atoms with Crippen molar-refractivity contribution in [2.45, 2.75) is 62.6 Å². The number of carbonyl (C=O) groups is 1. The molecular formula is C48H55ClN8O8S. The van der Waals surface area contributed by atoms with Crippen LogP contribution in [0.15, 0.2) is 89.5 Å². The molecule has 16 nitrogen and oxygen atoms in total. The maximum atomic E-state index is 14.4. The third kappa shape index (κ3) is 9.72. The maximum absolute atomic E-state index is 14.4. The maximum Gasteiger partial charge on any atom is 0.293 e. The van der Waals surface area contributed by atoms with Crippen molar-refractivity contribution in [2.75, 3.05) is 81.3 Å². The zero-order valence-electron chi connectivity index (χ0n) is 37.3. The van der Waals surface area contributed by atoms with Crippen molar-refractivity contribution in [3.63, 3.8) is 0 Å². The lowest BCUT2D eigenvalue weighted by atomic mass is 9.79. The van der Waals surface area contributed by atoms with Crippen LogP contribution in [0.3, 0.4) is 0 Å². The summed E-state index contributed by atoms with van der Waals surface area (Å²) in [5.74, 6) is -0.244. The molecule has 2 atom stereocenters. The molecule has 5 aromatic rings. The molecule has 66 heavy (non-hydrogen) atoms. The van der Waals surface area contributed by atoms with E-state index < -0.39 is 31.4 Å². The number of aromatic amines is 1. The molecule has 348 valence electrons. The number of methoxy groups -OCH3 is 1. The summed E-state index contributed by atoms with van der Waals surface area (Å²) in [6.07, 6.45) is 5.79. The number of H-pyrrole nitrogens is 1. The summed E-state index contributed by atoms with van der Waals surface area (Å²) in [6.45, 7) is 9.99. The molecule has 1 amide bonds. The van der Waals surface area contributed by atoms with Crippen molar-refractivity contribution in [3.05, 3.63) is 111 Å². The van der Waals surface area contributed by atoms with Gasteiger partial charge in [-0.1, -0.05) is 23.7 Å². The molecule has 1 unspecified atom stereocenters. The number of nitro benzene ring substituents is 1. The second-order valence-electron chi connectivity index (χ2n) is 18.0. The number of amides is 1. The third-order valence-corrected chi connectivity index (χ3v) is 15.0. The number of nitrogens with zero attached hydrogens (tertiary/aromatic N) is 5. The molecule has 5 heterocycles. The number of allylic oxidation sites excluding steroid dienone is 1. The highest BCUT2D eigenvalue weighted by molar-refractivity contribution is 7.90. The fourth-order valence-electron chi connectivity index (χ4n) is 9.57. The van der Waals surface area contributed by atoms with E-state index >= 15 is 0 Å². The molecule has 18 heteroatoms. The number of sulfonamides is 1. The Morgan fingerprint density at radius 3 is 2.55 bits per heavy atom. The number of fused-ring (bicyclic) bond motifs is 2. The van der Waals surface area contributed by atoms with Gasteiger partial charge in [0.15, 0.2) is 0 Å². The van der Waals surface area contributed by atoms with Gasteiger partial charge in [-0.15, -0.1) is 0 Å². The quantitative estimate of drug-likeness (QED) is 0.0760. The minimum absolute atomic E-state index is 0.0968. The molecule has 2 aromatic heterocycles. The summed E-state index contributed by atoms with van der Waals surface area (Å²) in [5.41, 5.74) is 6.16. The minimum Gasteiger partial charge on any atom is -0.471 e. The lowest BCUT2D eigenvalue weighted by Gasteiger charge is -2.40. The Balaban J connectivity index is 0.989. The lowest BCUT2D eigenvalue weighted by molar-refractivity contribution is -0.384. The summed E-state index contributed by atoms with van der Waals surface area (Å²) in [4.78, 5) is 40.2. The Morgan fingerprint density at radius 2 is 1.80 bits per heavy atom. The van der Waals surface area contributed by atoms with Gasteiger partial charge >= 0.3 is 0 Å². The number of ether oxygens (including phenoxy) is 3. The number of nitro groups is 1. The van der Waals surface area contributed by atoms with Crippen LogP contribution in [-0.4, -0.2) is 112 Å². The number of carbonyl (C=O) groups excluding carboxylic acids is 1. The first-order valence-electron chi connectivity index (χ1n) is 22.5. The normalized spacial score (nSPS) is 20.8. The fourth-order valence-corrected chi connectivity index (χ4v) is 10.7. The first kappa shape index (κ1) is 45.4. The molecule has 2 fully saturated rings. The van der Waals surface area contributed by atoms with Gasteiger partial charge in [0.2, 0.25) is 5.88 Å². The van der Waals surface area contributed by atoms with E-state index in [1.165, 1.54) is 28.8 Å². The van der Waals surface area contributed by atoms with Gasteiger partial charge in [-0.2, -0.15) is 4.98 Å². The van der Waals surface area contributed by atoms with Gasteiger partial charge in [-0.05, 0) is 123 Å². The van der Waals surface area contributed by atoms with E-state index in [-0.39, 0.29) is 28.9 Å². The third-order valence-electron chi connectivity index (χ3n) is 13.4. The predicted octanol–water partition coefficient (Wildman–Crippen LogP) is 8.17. The smallest absolute Gasteiger partial charge is 0.293 e. The van der Waals surface area contributed by atoms with Crippen LogP contribution in [0.4, 0.5) is 28.4 Å². The van der Waals surface area contributed by atoms with Crippen LogP contribution in [0.2, 0.25) is 5.02 Å². The summed E-state index contributed by atoms with van der Waals surface area (Å²) in [7, 11) is -2.79. The topological polar surface area (TPSA) is 185 Å². The highest BCUT2D eigenvalue weighted by Crippen LogP contribution is 2.43. The van der Waals surface area contributed by atoms with E-state index in [1.54, 1.807) is 19.4 Å². The van der Waals surface area contributed by atoms with Crippen LogP contribution < -0.4 is 24.6 Å². The van der Waals surface area contributed by atoms with E-state index in [0.29, 0.717) is 67.3 Å². The van der Waals surface area contributed by atoms with Crippen molar-refractivity contribution >= 4 is 72.6 Å². The number of rotatable bonds is 13. The van der Waals surface area contributed by atoms with Crippen LogP contribution in [0.5, 0.6) is 5.88 Å². The summed E-state index contributed by atoms with van der Waals surface area (Å²) in [6, 6.07) is 21.0. The average Bonchev–Trinajstić information content (AvgIpc) is 3.78. The molecule has 9 rings (SSSR count). The number of aromatic nitrogens is 2. The molecule has 2 saturated heterocycles. The first-order chi connectivity index (χ1) is 31.8. The van der Waals surface area contributed by atoms with E-state index in [9.17, 15) is 23.3 Å². The Bertz CT molecular complexity index is 2770. The standard InChI is InChI=1S/C48H55ClN8O8S/c1-31-29-56(44-24-34-13-17-50-45(34)52-47(44)65-31)42-25-37(55-20-18-54(19-21-55)30-35-27-48(2,63-3)16-12-39(35)33-4-6-36(49)7-5-33)8-10-40(42)46(58)53-66(61,62)38-9-11-41(43(26-38)57(59)60)51-28-32-14-22-64-23-15-32/h4-11,13,17,24-26,31-32,51H,12,14-16,18-23,27-30H2,1-3H3,(H,50,52)(H,53,58)/t31-,48?/m1/s1. The number of piperazine rings is 1. The number of hydrogen-bond acceptors (Lipinski definition) is 13. The Labute approximate surface area is 389 Å². The number of hydrogen-bond donors (Lipinski definition) is 3. The predicted molar refractivity (Wildman–Crippen MR) is 256 cm³/mol. The monoisotopic (exact) mass is 938 g/mol. The van der Waals surface area contributed by atoms with Crippen molar-refractivity contribution in [2.24, 2.45) is 5.92 Å². The zero-order chi connectivity index (χ0) is 46.2. The van der Waals surface area contributed by atoms with Crippen LogP contribution in [0.25, 0.3) is 16.6 Å². The number of halogens is 1. The van der Waals surface area contributed by atoms with Gasteiger partial charge in [0.25, 0.3) is 21.6 Å². The highest BCUT2D eigenvalue weighted by atomic mass is 35.5. The number of pyridine rings is 1. The number of anilines is 4. The highest BCUT2D eigenvalue weighted by Gasteiger charge is 2.35. The van der Waals surface area contributed by atoms with Crippen molar-refractivity contribution < 1.29 is 32.3 Å².